The molecule has 29 heavy (non-hydrogen) atoms. The van der Waals surface area contributed by atoms with Crippen LogP contribution >= 0.6 is 22.9 Å². The number of halogens is 1. The van der Waals surface area contributed by atoms with Crippen LogP contribution in [0.4, 0.5) is 5.69 Å². The molecule has 2 N–H and O–H groups in total. The van der Waals surface area contributed by atoms with Crippen LogP contribution in [-0.2, 0) is 10.2 Å². The zero-order chi connectivity index (χ0) is 21.2. The summed E-state index contributed by atoms with van der Waals surface area (Å²) in [5, 5.41) is 6.69. The van der Waals surface area contributed by atoms with Gasteiger partial charge in [0.15, 0.2) is 0 Å². The average Bonchev–Trinajstić information content (AvgIpc) is 3.02. The Hall–Kier alpha value is -2.57. The maximum atomic E-state index is 12.5. The molecule has 0 bridgehead atoms. The van der Waals surface area contributed by atoms with Gasteiger partial charge in [-0.25, -0.2) is 0 Å². The van der Waals surface area contributed by atoms with Gasteiger partial charge in [-0.3, -0.25) is 9.59 Å². The number of rotatable bonds is 5. The van der Waals surface area contributed by atoms with E-state index in [1.807, 2.05) is 42.5 Å². The van der Waals surface area contributed by atoms with Crippen molar-refractivity contribution in [3.63, 3.8) is 0 Å². The van der Waals surface area contributed by atoms with Gasteiger partial charge in [-0.2, -0.15) is 0 Å². The van der Waals surface area contributed by atoms with Gasteiger partial charge in [0.05, 0.1) is 24.4 Å². The molecule has 0 saturated carbocycles. The molecule has 152 valence electrons. The number of hydrogen-bond donors (Lipinski definition) is 2. The highest BCUT2D eigenvalue weighted by Crippen LogP contribution is 2.35. The third-order valence-electron chi connectivity index (χ3n) is 4.49. The normalized spacial score (nSPS) is 11.3. The zero-order valence-electron chi connectivity index (χ0n) is 16.8. The van der Waals surface area contributed by atoms with E-state index in [0.717, 1.165) is 15.6 Å². The number of amides is 2. The van der Waals surface area contributed by atoms with E-state index in [0.29, 0.717) is 21.3 Å². The lowest BCUT2D eigenvalue weighted by molar-refractivity contribution is -0.115. The lowest BCUT2D eigenvalue weighted by atomic mass is 9.87. The fraction of sp³-hybridized carbons (Fsp3) is 0.273. The van der Waals surface area contributed by atoms with E-state index >= 15 is 0 Å². The summed E-state index contributed by atoms with van der Waals surface area (Å²) in [7, 11) is 1.55. The molecule has 2 aromatic carbocycles. The minimum Gasteiger partial charge on any atom is -0.495 e. The first-order valence-electron chi connectivity index (χ1n) is 9.14. The van der Waals surface area contributed by atoms with Crippen molar-refractivity contribution in [3.8, 4) is 5.75 Å². The van der Waals surface area contributed by atoms with Crippen molar-refractivity contribution in [2.45, 2.75) is 26.2 Å². The number of hydrogen-bond acceptors (Lipinski definition) is 4. The fourth-order valence-corrected chi connectivity index (χ4v) is 4.30. The standard InChI is InChI=1S/C22H23ClN2O3S/c1-22(2,3)13-9-10-16(28-4)15(11-13)25-18(26)12-24-21(27)20-19(23)14-7-5-6-8-17(14)29-20/h5-11H,12H2,1-4H3,(H,24,27)(H,25,26). The molecule has 0 fully saturated rings. The number of fused-ring (bicyclic) bond motifs is 1. The molecule has 1 aromatic heterocycles. The van der Waals surface area contributed by atoms with Crippen molar-refractivity contribution in [3.05, 3.63) is 57.9 Å². The van der Waals surface area contributed by atoms with E-state index in [4.69, 9.17) is 16.3 Å². The molecule has 0 radical (unpaired) electrons. The number of carbonyl (C=O) groups excluding carboxylic acids is 2. The maximum absolute atomic E-state index is 12.5. The Morgan fingerprint density at radius 3 is 2.52 bits per heavy atom. The minimum atomic E-state index is -0.373. The first-order valence-corrected chi connectivity index (χ1v) is 10.3. The summed E-state index contributed by atoms with van der Waals surface area (Å²) in [6.45, 7) is 6.10. The van der Waals surface area contributed by atoms with Gasteiger partial charge in [-0.15, -0.1) is 11.3 Å². The summed E-state index contributed by atoms with van der Waals surface area (Å²) in [4.78, 5) is 25.3. The van der Waals surface area contributed by atoms with Gasteiger partial charge >= 0.3 is 0 Å². The Morgan fingerprint density at radius 2 is 1.86 bits per heavy atom. The monoisotopic (exact) mass is 430 g/mol. The van der Waals surface area contributed by atoms with Gasteiger partial charge in [-0.1, -0.05) is 56.6 Å². The summed E-state index contributed by atoms with van der Waals surface area (Å²) >= 11 is 7.63. The smallest absolute Gasteiger partial charge is 0.263 e. The van der Waals surface area contributed by atoms with Crippen LogP contribution in [0.5, 0.6) is 5.75 Å². The molecule has 3 aromatic rings. The van der Waals surface area contributed by atoms with Crippen LogP contribution in [0.25, 0.3) is 10.1 Å². The molecule has 5 nitrogen and oxygen atoms in total. The van der Waals surface area contributed by atoms with E-state index in [9.17, 15) is 9.59 Å². The molecule has 1 heterocycles. The number of thiophene rings is 1. The predicted octanol–water partition coefficient (Wildman–Crippen LogP) is 5.23. The molecule has 0 unspecified atom stereocenters. The van der Waals surface area contributed by atoms with Crippen LogP contribution in [0, 0.1) is 0 Å². The Bertz CT molecular complexity index is 1070. The van der Waals surface area contributed by atoms with Gasteiger partial charge in [0, 0.05) is 10.1 Å². The molecular formula is C22H23ClN2O3S. The minimum absolute atomic E-state index is 0.0715. The summed E-state index contributed by atoms with van der Waals surface area (Å²) in [6, 6.07) is 13.2. The second-order valence-electron chi connectivity index (χ2n) is 7.64. The second-order valence-corrected chi connectivity index (χ2v) is 9.07. The van der Waals surface area contributed by atoms with Crippen LogP contribution in [-0.4, -0.2) is 25.5 Å². The second kappa shape index (κ2) is 8.43. The van der Waals surface area contributed by atoms with Crippen LogP contribution in [0.1, 0.15) is 36.0 Å². The van der Waals surface area contributed by atoms with Crippen molar-refractivity contribution >= 4 is 50.5 Å². The van der Waals surface area contributed by atoms with E-state index in [-0.39, 0.29) is 23.8 Å². The third-order valence-corrected chi connectivity index (χ3v) is 6.16. The highest BCUT2D eigenvalue weighted by atomic mass is 35.5. The van der Waals surface area contributed by atoms with Crippen molar-refractivity contribution in [2.75, 3.05) is 19.0 Å². The summed E-state index contributed by atoms with van der Waals surface area (Å²) in [6.07, 6.45) is 0. The number of benzene rings is 2. The fourth-order valence-electron chi connectivity index (χ4n) is 2.87. The Morgan fingerprint density at radius 1 is 1.14 bits per heavy atom. The molecule has 0 aliphatic rings. The van der Waals surface area contributed by atoms with Crippen LogP contribution in [0.15, 0.2) is 42.5 Å². The molecule has 2 amide bonds. The number of anilines is 1. The Balaban J connectivity index is 1.69. The van der Waals surface area contributed by atoms with Crippen LogP contribution < -0.4 is 15.4 Å². The largest absolute Gasteiger partial charge is 0.495 e. The lowest BCUT2D eigenvalue weighted by Crippen LogP contribution is -2.32. The van der Waals surface area contributed by atoms with Gasteiger partial charge < -0.3 is 15.4 Å². The number of ether oxygens (including phenoxy) is 1. The third kappa shape index (κ3) is 4.71. The molecule has 7 heteroatoms. The van der Waals surface area contributed by atoms with E-state index in [1.165, 1.54) is 11.3 Å². The average molecular weight is 431 g/mol. The number of carbonyl (C=O) groups is 2. The van der Waals surface area contributed by atoms with Crippen LogP contribution in [0.3, 0.4) is 0 Å². The predicted molar refractivity (Wildman–Crippen MR) is 119 cm³/mol. The summed E-state index contributed by atoms with van der Waals surface area (Å²) in [5.74, 6) is -0.160. The maximum Gasteiger partial charge on any atom is 0.263 e. The summed E-state index contributed by atoms with van der Waals surface area (Å²) in [5.41, 5.74) is 1.56. The van der Waals surface area contributed by atoms with Crippen molar-refractivity contribution in [1.82, 2.24) is 5.32 Å². The SMILES string of the molecule is COc1ccc(C(C)(C)C)cc1NC(=O)CNC(=O)c1sc2ccccc2c1Cl. The Kier molecular flexibility index (Phi) is 6.15. The molecular weight excluding hydrogens is 408 g/mol. The highest BCUT2D eigenvalue weighted by molar-refractivity contribution is 7.21. The topological polar surface area (TPSA) is 67.4 Å². The van der Waals surface area contributed by atoms with Gasteiger partial charge in [0.2, 0.25) is 5.91 Å². The number of methoxy groups -OCH3 is 1. The van der Waals surface area contributed by atoms with Gasteiger partial charge in [-0.05, 0) is 29.2 Å². The van der Waals surface area contributed by atoms with E-state index in [1.54, 1.807) is 7.11 Å². The van der Waals surface area contributed by atoms with Crippen molar-refractivity contribution in [2.24, 2.45) is 0 Å². The molecule has 0 aliphatic carbocycles. The molecule has 0 spiro atoms. The number of nitrogens with one attached hydrogen (secondary N) is 2. The highest BCUT2D eigenvalue weighted by Gasteiger charge is 2.19. The van der Waals surface area contributed by atoms with Gasteiger partial charge in [0.25, 0.3) is 5.91 Å². The van der Waals surface area contributed by atoms with Crippen molar-refractivity contribution < 1.29 is 14.3 Å². The molecule has 0 aliphatic heterocycles. The molecule has 0 atom stereocenters. The van der Waals surface area contributed by atoms with Crippen molar-refractivity contribution in [1.29, 1.82) is 0 Å². The Labute approximate surface area is 179 Å². The summed E-state index contributed by atoms with van der Waals surface area (Å²) < 4.78 is 6.27. The quantitative estimate of drug-likeness (QED) is 0.582. The van der Waals surface area contributed by atoms with E-state index in [2.05, 4.69) is 31.4 Å². The first kappa shape index (κ1) is 21.1. The zero-order valence-corrected chi connectivity index (χ0v) is 18.3. The lowest BCUT2D eigenvalue weighted by Gasteiger charge is -2.21. The van der Waals surface area contributed by atoms with Crippen LogP contribution in [0.2, 0.25) is 5.02 Å². The van der Waals surface area contributed by atoms with E-state index < -0.39 is 0 Å². The van der Waals surface area contributed by atoms with Gasteiger partial charge in [0.1, 0.15) is 10.6 Å². The first-order chi connectivity index (χ1) is 13.7. The molecule has 3 rings (SSSR count). The molecule has 0 saturated heterocycles.